The highest BCUT2D eigenvalue weighted by Crippen LogP contribution is 2.21. The van der Waals surface area contributed by atoms with E-state index in [1.807, 2.05) is 0 Å². The molecule has 104 valence electrons. The Balaban J connectivity index is 2.69. The predicted molar refractivity (Wildman–Crippen MR) is 67.1 cm³/mol. The van der Waals surface area contributed by atoms with E-state index in [4.69, 9.17) is 5.11 Å². The van der Waals surface area contributed by atoms with Crippen LogP contribution in [0, 0.1) is 16.5 Å². The highest BCUT2D eigenvalue weighted by atomic mass is 19.1. The number of phenolic OH excluding ortho intramolecular Hbond substituents is 1. The van der Waals surface area contributed by atoms with Gasteiger partial charge in [0.05, 0.1) is 0 Å². The Morgan fingerprint density at radius 1 is 1.35 bits per heavy atom. The summed E-state index contributed by atoms with van der Waals surface area (Å²) in [6, 6.07) is 1.75. The summed E-state index contributed by atoms with van der Waals surface area (Å²) in [5, 5.41) is 11.5. The molecular formula is C12H9F2N3O3. The van der Waals surface area contributed by atoms with Crippen molar-refractivity contribution in [2.45, 2.75) is 0 Å². The van der Waals surface area contributed by atoms with Crippen LogP contribution in [0.25, 0.3) is 12.3 Å². The number of H-pyrrole nitrogens is 1. The first-order valence-corrected chi connectivity index (χ1v) is 5.41. The summed E-state index contributed by atoms with van der Waals surface area (Å²) < 4.78 is 27.5. The molecule has 0 radical (unpaired) electrons. The van der Waals surface area contributed by atoms with E-state index in [0.717, 1.165) is 22.9 Å². The van der Waals surface area contributed by atoms with E-state index in [-0.39, 0.29) is 16.4 Å². The molecule has 0 aliphatic carbocycles. The number of nitrogens with one attached hydrogen (secondary N) is 1. The Labute approximate surface area is 110 Å². The molecule has 8 heteroatoms. The number of nitrogens with zero attached hydrogens (tertiary/aromatic N) is 2. The second-order valence-electron chi connectivity index (χ2n) is 4.00. The number of aromatic hydroxyl groups is 1. The predicted octanol–water partition coefficient (Wildman–Crippen LogP) is 0.0304. The highest BCUT2D eigenvalue weighted by molar-refractivity contribution is 5.50. The first-order valence-electron chi connectivity index (χ1n) is 5.41. The Kier molecular flexibility index (Phi) is 3.47. The molecule has 0 unspecified atom stereocenters. The largest absolute Gasteiger partial charge is 0.503 e. The van der Waals surface area contributed by atoms with Gasteiger partial charge in [0.25, 0.3) is 5.56 Å². The molecule has 1 heterocycles. The molecule has 0 bridgehead atoms. The van der Waals surface area contributed by atoms with Gasteiger partial charge in [-0.15, -0.1) is 4.91 Å². The van der Waals surface area contributed by atoms with Gasteiger partial charge in [-0.25, -0.2) is 8.78 Å². The molecule has 0 spiro atoms. The van der Waals surface area contributed by atoms with E-state index in [0.29, 0.717) is 0 Å². The Hall–Kier alpha value is -2.77. The topological polar surface area (TPSA) is 87.4 Å². The summed E-state index contributed by atoms with van der Waals surface area (Å²) >= 11 is 0. The maximum atomic E-state index is 13.2. The first kappa shape index (κ1) is 13.7. The van der Waals surface area contributed by atoms with Crippen LogP contribution in [-0.4, -0.2) is 14.7 Å². The van der Waals surface area contributed by atoms with Crippen LogP contribution in [0.2, 0.25) is 0 Å². The zero-order chi connectivity index (χ0) is 14.9. The molecule has 6 nitrogen and oxygen atoms in total. The molecular weight excluding hydrogens is 272 g/mol. The van der Waals surface area contributed by atoms with Crippen LogP contribution in [0.5, 0.6) is 5.75 Å². The summed E-state index contributed by atoms with van der Waals surface area (Å²) in [4.78, 5) is 24.6. The number of halogens is 2. The van der Waals surface area contributed by atoms with Crippen molar-refractivity contribution >= 4 is 12.3 Å². The minimum Gasteiger partial charge on any atom is -0.503 e. The molecule has 0 aliphatic rings. The molecule has 0 atom stereocenters. The molecule has 2 rings (SSSR count). The van der Waals surface area contributed by atoms with Gasteiger partial charge >= 0.3 is 0 Å². The van der Waals surface area contributed by atoms with Gasteiger partial charge in [-0.05, 0) is 28.9 Å². The number of hydrogen-bond acceptors (Lipinski definition) is 4. The quantitative estimate of drug-likeness (QED) is 0.761. The lowest BCUT2D eigenvalue weighted by atomic mass is 10.2. The van der Waals surface area contributed by atoms with Gasteiger partial charge < -0.3 is 10.1 Å². The summed E-state index contributed by atoms with van der Waals surface area (Å²) in [5.41, 5.74) is -0.299. The van der Waals surface area contributed by atoms with Gasteiger partial charge in [-0.1, -0.05) is 0 Å². The summed E-state index contributed by atoms with van der Waals surface area (Å²) in [6.45, 7) is 0. The molecule has 2 aromatic rings. The number of imidazole rings is 1. The number of phenols is 1. The minimum atomic E-state index is -1.14. The molecule has 0 saturated heterocycles. The third kappa shape index (κ3) is 2.35. The van der Waals surface area contributed by atoms with E-state index in [2.05, 4.69) is 10.2 Å². The van der Waals surface area contributed by atoms with E-state index >= 15 is 0 Å². The Morgan fingerprint density at radius 2 is 1.95 bits per heavy atom. The molecule has 1 aromatic heterocycles. The fourth-order valence-electron chi connectivity index (χ4n) is 1.67. The van der Waals surface area contributed by atoms with Crippen molar-refractivity contribution in [3.05, 3.63) is 55.4 Å². The lowest BCUT2D eigenvalue weighted by Gasteiger charge is -1.98. The van der Waals surface area contributed by atoms with Crippen LogP contribution in [0.15, 0.2) is 22.1 Å². The lowest BCUT2D eigenvalue weighted by Crippen LogP contribution is -2.28. The zero-order valence-electron chi connectivity index (χ0n) is 10.2. The zero-order valence-corrected chi connectivity index (χ0v) is 10.2. The molecule has 0 aliphatic heterocycles. The van der Waals surface area contributed by atoms with Gasteiger partial charge in [0, 0.05) is 7.05 Å². The maximum absolute atomic E-state index is 13.2. The van der Waals surface area contributed by atoms with Crippen LogP contribution >= 0.6 is 0 Å². The van der Waals surface area contributed by atoms with Gasteiger partial charge in [0.1, 0.15) is 17.0 Å². The van der Waals surface area contributed by atoms with E-state index < -0.39 is 22.9 Å². The molecule has 0 amide bonds. The van der Waals surface area contributed by atoms with Gasteiger partial charge in [0.15, 0.2) is 17.4 Å². The molecule has 0 fully saturated rings. The third-order valence-electron chi connectivity index (χ3n) is 2.68. The van der Waals surface area contributed by atoms with E-state index in [1.165, 1.54) is 13.1 Å². The van der Waals surface area contributed by atoms with Crippen LogP contribution in [0.3, 0.4) is 0 Å². The molecule has 2 N–H and O–H groups in total. The average Bonchev–Trinajstić information content (AvgIpc) is 2.65. The van der Waals surface area contributed by atoms with Crippen LogP contribution in [0.4, 0.5) is 8.78 Å². The van der Waals surface area contributed by atoms with Gasteiger partial charge in [-0.2, -0.15) is 0 Å². The van der Waals surface area contributed by atoms with Crippen molar-refractivity contribution < 1.29 is 13.9 Å². The van der Waals surface area contributed by atoms with Crippen molar-refractivity contribution in [1.82, 2.24) is 9.55 Å². The molecule has 1 aromatic carbocycles. The second-order valence-corrected chi connectivity index (χ2v) is 4.00. The summed E-state index contributed by atoms with van der Waals surface area (Å²) in [5.74, 6) is -3.36. The summed E-state index contributed by atoms with van der Waals surface area (Å²) in [6.07, 6.45) is 2.09. The fourth-order valence-corrected chi connectivity index (χ4v) is 1.67. The van der Waals surface area contributed by atoms with Crippen molar-refractivity contribution in [3.8, 4) is 5.75 Å². The number of hydrogen-bond donors (Lipinski definition) is 2. The first-order chi connectivity index (χ1) is 9.43. The normalized spacial score (nSPS) is 12.9. The minimum absolute atomic E-state index is 0.0203. The van der Waals surface area contributed by atoms with Crippen molar-refractivity contribution in [3.63, 3.8) is 0 Å². The second kappa shape index (κ2) is 5.08. The van der Waals surface area contributed by atoms with Crippen molar-refractivity contribution in [1.29, 1.82) is 0 Å². The highest BCUT2D eigenvalue weighted by Gasteiger charge is 2.08. The number of nitroso groups, excluding NO2 is 1. The number of benzene rings is 1. The SMILES string of the molecule is Cn1c(=CN=O)[nH]/c(=C/c2cc(F)c(O)c(F)c2)c1=O. The van der Waals surface area contributed by atoms with Crippen molar-refractivity contribution in [2.24, 2.45) is 12.2 Å². The maximum Gasteiger partial charge on any atom is 0.275 e. The van der Waals surface area contributed by atoms with Gasteiger partial charge in [-0.3, -0.25) is 9.36 Å². The number of rotatable bonds is 2. The van der Waals surface area contributed by atoms with Crippen LogP contribution in [0.1, 0.15) is 5.56 Å². The molecule has 20 heavy (non-hydrogen) atoms. The smallest absolute Gasteiger partial charge is 0.275 e. The standard InChI is InChI=1S/C12H9F2N3O3/c1-17-10(5-15-20)16-9(12(17)19)4-6-2-7(13)11(18)8(14)3-6/h2-5,16,18H,1H3/b9-4+,10-5?. The van der Waals surface area contributed by atoms with E-state index in [9.17, 15) is 18.5 Å². The molecule has 0 saturated carbocycles. The van der Waals surface area contributed by atoms with Crippen LogP contribution < -0.4 is 16.4 Å². The summed E-state index contributed by atoms with van der Waals surface area (Å²) in [7, 11) is 1.41. The Morgan fingerprint density at radius 3 is 2.50 bits per heavy atom. The average molecular weight is 281 g/mol. The fraction of sp³-hybridized carbons (Fsp3) is 0.0833. The lowest BCUT2D eigenvalue weighted by molar-refractivity contribution is 0.396. The third-order valence-corrected chi connectivity index (χ3v) is 2.68. The Bertz CT molecular complexity index is 829. The van der Waals surface area contributed by atoms with Gasteiger partial charge in [0.2, 0.25) is 0 Å². The van der Waals surface area contributed by atoms with Crippen LogP contribution in [-0.2, 0) is 7.05 Å². The van der Waals surface area contributed by atoms with Crippen molar-refractivity contribution in [2.75, 3.05) is 0 Å². The monoisotopic (exact) mass is 281 g/mol. The number of aromatic nitrogens is 2. The number of aromatic amines is 1. The van der Waals surface area contributed by atoms with E-state index in [1.54, 1.807) is 0 Å².